The van der Waals surface area contributed by atoms with Crippen LogP contribution in [0, 0.1) is 5.92 Å². The van der Waals surface area contributed by atoms with E-state index in [0.717, 1.165) is 38.0 Å². The topological polar surface area (TPSA) is 58.7 Å². The Bertz CT molecular complexity index is 413. The Morgan fingerprint density at radius 3 is 2.63 bits per heavy atom. The second-order valence-electron chi connectivity index (χ2n) is 5.47. The Morgan fingerprint density at radius 1 is 1.42 bits per heavy atom. The standard InChI is InChI=1S/C15H24N2O2/c1-11(16)12-5-7-17(8-6-12)10-13-3-4-14(19-2)9-15(13)18/h3-4,9,11-12,18H,5-8,10,16H2,1-2H3. The molecule has 1 saturated heterocycles. The van der Waals surface area contributed by atoms with Crippen LogP contribution < -0.4 is 10.5 Å². The zero-order chi connectivity index (χ0) is 13.8. The molecule has 1 heterocycles. The van der Waals surface area contributed by atoms with E-state index in [0.29, 0.717) is 17.4 Å². The van der Waals surface area contributed by atoms with Crippen molar-refractivity contribution in [2.24, 2.45) is 11.7 Å². The number of aromatic hydroxyl groups is 1. The predicted octanol–water partition coefficient (Wildman–Crippen LogP) is 1.96. The van der Waals surface area contributed by atoms with E-state index in [1.54, 1.807) is 13.2 Å². The molecule has 0 radical (unpaired) electrons. The van der Waals surface area contributed by atoms with Gasteiger partial charge >= 0.3 is 0 Å². The Labute approximate surface area is 115 Å². The van der Waals surface area contributed by atoms with Crippen LogP contribution in [0.15, 0.2) is 18.2 Å². The lowest BCUT2D eigenvalue weighted by Gasteiger charge is -2.33. The zero-order valence-corrected chi connectivity index (χ0v) is 11.8. The maximum atomic E-state index is 9.97. The average molecular weight is 264 g/mol. The highest BCUT2D eigenvalue weighted by Crippen LogP contribution is 2.27. The minimum atomic E-state index is 0.288. The first-order valence-electron chi connectivity index (χ1n) is 6.94. The lowest BCUT2D eigenvalue weighted by molar-refractivity contribution is 0.164. The molecule has 1 aromatic carbocycles. The second kappa shape index (κ2) is 6.26. The van der Waals surface area contributed by atoms with E-state index in [1.807, 2.05) is 12.1 Å². The van der Waals surface area contributed by atoms with Crippen LogP contribution in [0.25, 0.3) is 0 Å². The van der Waals surface area contributed by atoms with Gasteiger partial charge in [0.25, 0.3) is 0 Å². The molecule has 3 N–H and O–H groups in total. The lowest BCUT2D eigenvalue weighted by atomic mass is 9.91. The number of methoxy groups -OCH3 is 1. The minimum Gasteiger partial charge on any atom is -0.507 e. The smallest absolute Gasteiger partial charge is 0.123 e. The first-order valence-corrected chi connectivity index (χ1v) is 6.94. The van der Waals surface area contributed by atoms with Crippen LogP contribution in [-0.4, -0.2) is 36.2 Å². The average Bonchev–Trinajstić information content (AvgIpc) is 2.41. The molecule has 0 spiro atoms. The SMILES string of the molecule is COc1ccc(CN2CCC(C(C)N)CC2)c(O)c1. The number of hydrogen-bond acceptors (Lipinski definition) is 4. The van der Waals surface area contributed by atoms with Crippen LogP contribution in [0.5, 0.6) is 11.5 Å². The van der Waals surface area contributed by atoms with Gasteiger partial charge in [0.15, 0.2) is 0 Å². The van der Waals surface area contributed by atoms with E-state index < -0.39 is 0 Å². The first-order chi connectivity index (χ1) is 9.10. The van der Waals surface area contributed by atoms with Crippen LogP contribution in [-0.2, 0) is 6.54 Å². The molecule has 1 fully saturated rings. The van der Waals surface area contributed by atoms with Crippen molar-refractivity contribution in [1.29, 1.82) is 0 Å². The third kappa shape index (κ3) is 3.61. The van der Waals surface area contributed by atoms with E-state index in [-0.39, 0.29) is 6.04 Å². The molecule has 0 aromatic heterocycles. The van der Waals surface area contributed by atoms with Crippen molar-refractivity contribution in [3.05, 3.63) is 23.8 Å². The van der Waals surface area contributed by atoms with Gasteiger partial charge in [-0.2, -0.15) is 0 Å². The third-order valence-electron chi connectivity index (χ3n) is 4.06. The third-order valence-corrected chi connectivity index (χ3v) is 4.06. The molecule has 1 unspecified atom stereocenters. The molecular formula is C15H24N2O2. The summed E-state index contributed by atoms with van der Waals surface area (Å²) < 4.78 is 5.09. The molecular weight excluding hydrogens is 240 g/mol. The zero-order valence-electron chi connectivity index (χ0n) is 11.8. The number of nitrogens with two attached hydrogens (primary N) is 1. The largest absolute Gasteiger partial charge is 0.507 e. The van der Waals surface area contributed by atoms with Gasteiger partial charge in [-0.25, -0.2) is 0 Å². The highest BCUT2D eigenvalue weighted by atomic mass is 16.5. The summed E-state index contributed by atoms with van der Waals surface area (Å²) in [6, 6.07) is 5.79. The summed E-state index contributed by atoms with van der Waals surface area (Å²) in [6.07, 6.45) is 2.29. The summed E-state index contributed by atoms with van der Waals surface area (Å²) >= 11 is 0. The van der Waals surface area contributed by atoms with Crippen LogP contribution >= 0.6 is 0 Å². The fourth-order valence-corrected chi connectivity index (χ4v) is 2.68. The van der Waals surface area contributed by atoms with Gasteiger partial charge < -0.3 is 15.6 Å². The van der Waals surface area contributed by atoms with E-state index in [1.165, 1.54) is 0 Å². The Kier molecular flexibility index (Phi) is 4.66. The maximum absolute atomic E-state index is 9.97. The summed E-state index contributed by atoms with van der Waals surface area (Å²) in [5, 5.41) is 9.97. The number of ether oxygens (including phenoxy) is 1. The molecule has 4 heteroatoms. The molecule has 1 aromatic rings. The number of phenols is 1. The summed E-state index contributed by atoms with van der Waals surface area (Å²) in [5.41, 5.74) is 6.91. The number of rotatable bonds is 4. The van der Waals surface area contributed by atoms with E-state index in [4.69, 9.17) is 10.5 Å². The number of nitrogens with zero attached hydrogens (tertiary/aromatic N) is 1. The number of benzene rings is 1. The fourth-order valence-electron chi connectivity index (χ4n) is 2.68. The molecule has 0 amide bonds. The number of likely N-dealkylation sites (tertiary alicyclic amines) is 1. The van der Waals surface area contributed by atoms with E-state index >= 15 is 0 Å². The molecule has 19 heavy (non-hydrogen) atoms. The molecule has 2 rings (SSSR count). The van der Waals surface area contributed by atoms with Crippen LogP contribution in [0.1, 0.15) is 25.3 Å². The quantitative estimate of drug-likeness (QED) is 0.873. The van der Waals surface area contributed by atoms with Crippen molar-refractivity contribution < 1.29 is 9.84 Å². The predicted molar refractivity (Wildman–Crippen MR) is 76.3 cm³/mol. The van der Waals surface area contributed by atoms with Gasteiger partial charge in [0.1, 0.15) is 11.5 Å². The van der Waals surface area contributed by atoms with Gasteiger partial charge in [-0.15, -0.1) is 0 Å². The molecule has 0 bridgehead atoms. The summed E-state index contributed by atoms with van der Waals surface area (Å²) in [6.45, 7) is 4.99. The van der Waals surface area contributed by atoms with Crippen molar-refractivity contribution >= 4 is 0 Å². The molecule has 1 atom stereocenters. The van der Waals surface area contributed by atoms with Crippen LogP contribution in [0.3, 0.4) is 0 Å². The Morgan fingerprint density at radius 2 is 2.11 bits per heavy atom. The van der Waals surface area contributed by atoms with Crippen LogP contribution in [0.2, 0.25) is 0 Å². The van der Waals surface area contributed by atoms with Crippen molar-refractivity contribution in [2.75, 3.05) is 20.2 Å². The molecule has 0 saturated carbocycles. The minimum absolute atomic E-state index is 0.288. The van der Waals surface area contributed by atoms with Gasteiger partial charge in [-0.05, 0) is 44.8 Å². The van der Waals surface area contributed by atoms with Crippen molar-refractivity contribution in [3.8, 4) is 11.5 Å². The lowest BCUT2D eigenvalue weighted by Crippen LogP contribution is -2.39. The fraction of sp³-hybridized carbons (Fsp3) is 0.600. The van der Waals surface area contributed by atoms with Gasteiger partial charge in [0.2, 0.25) is 0 Å². The highest BCUT2D eigenvalue weighted by Gasteiger charge is 2.22. The van der Waals surface area contributed by atoms with Gasteiger partial charge in [0, 0.05) is 24.2 Å². The molecule has 1 aliphatic rings. The Hall–Kier alpha value is -1.26. The van der Waals surface area contributed by atoms with E-state index in [9.17, 15) is 5.11 Å². The Balaban J connectivity index is 1.92. The molecule has 106 valence electrons. The number of piperidine rings is 1. The summed E-state index contributed by atoms with van der Waals surface area (Å²) in [7, 11) is 1.60. The van der Waals surface area contributed by atoms with Gasteiger partial charge in [0.05, 0.1) is 7.11 Å². The van der Waals surface area contributed by atoms with Crippen molar-refractivity contribution in [1.82, 2.24) is 4.90 Å². The van der Waals surface area contributed by atoms with Crippen molar-refractivity contribution in [3.63, 3.8) is 0 Å². The van der Waals surface area contributed by atoms with E-state index in [2.05, 4.69) is 11.8 Å². The first kappa shape index (κ1) is 14.2. The molecule has 1 aliphatic heterocycles. The van der Waals surface area contributed by atoms with Crippen LogP contribution in [0.4, 0.5) is 0 Å². The summed E-state index contributed by atoms with van der Waals surface area (Å²) in [4.78, 5) is 2.38. The molecule has 4 nitrogen and oxygen atoms in total. The normalized spacial score (nSPS) is 19.3. The number of phenolic OH excluding ortho intramolecular Hbond substituents is 1. The summed E-state index contributed by atoms with van der Waals surface area (Å²) in [5.74, 6) is 1.64. The van der Waals surface area contributed by atoms with Gasteiger partial charge in [-0.3, -0.25) is 4.90 Å². The molecule has 0 aliphatic carbocycles. The monoisotopic (exact) mass is 264 g/mol. The number of hydrogen-bond donors (Lipinski definition) is 2. The van der Waals surface area contributed by atoms with Gasteiger partial charge in [-0.1, -0.05) is 6.07 Å². The second-order valence-corrected chi connectivity index (χ2v) is 5.47. The maximum Gasteiger partial charge on any atom is 0.123 e. The highest BCUT2D eigenvalue weighted by molar-refractivity contribution is 5.39. The van der Waals surface area contributed by atoms with Crippen molar-refractivity contribution in [2.45, 2.75) is 32.4 Å².